The number of hydrogen-bond donors (Lipinski definition) is 1. The summed E-state index contributed by atoms with van der Waals surface area (Å²) < 4.78 is 11.2. The van der Waals surface area contributed by atoms with Gasteiger partial charge in [-0.3, -0.25) is 9.59 Å². The highest BCUT2D eigenvalue weighted by molar-refractivity contribution is 6.46. The van der Waals surface area contributed by atoms with E-state index < -0.39 is 17.7 Å². The fourth-order valence-electron chi connectivity index (χ4n) is 4.38. The summed E-state index contributed by atoms with van der Waals surface area (Å²) in [5.41, 5.74) is 2.50. The van der Waals surface area contributed by atoms with Crippen molar-refractivity contribution in [2.75, 3.05) is 19.8 Å². The van der Waals surface area contributed by atoms with Gasteiger partial charge in [0.2, 0.25) is 0 Å². The van der Waals surface area contributed by atoms with E-state index in [1.54, 1.807) is 35.2 Å². The predicted octanol–water partition coefficient (Wildman–Crippen LogP) is 4.41. The average molecular weight is 448 g/mol. The molecule has 2 saturated heterocycles. The number of rotatable bonds is 8. The van der Waals surface area contributed by atoms with Gasteiger partial charge in [0.25, 0.3) is 11.7 Å². The minimum atomic E-state index is -0.679. The molecule has 2 unspecified atom stereocenters. The monoisotopic (exact) mass is 447 g/mol. The molecule has 1 N–H and O–H groups in total. The first kappa shape index (κ1) is 22.8. The van der Waals surface area contributed by atoms with E-state index in [1.165, 1.54) is 0 Å². The summed E-state index contributed by atoms with van der Waals surface area (Å²) in [6, 6.07) is 14.0. The molecule has 6 nitrogen and oxygen atoms in total. The molecule has 2 fully saturated rings. The lowest BCUT2D eigenvalue weighted by Gasteiger charge is -2.27. The van der Waals surface area contributed by atoms with Crippen LogP contribution >= 0.6 is 0 Å². The highest BCUT2D eigenvalue weighted by Crippen LogP contribution is 2.40. The normalized spacial score (nSPS) is 22.0. The van der Waals surface area contributed by atoms with Crippen LogP contribution < -0.4 is 4.74 Å². The zero-order chi connectivity index (χ0) is 23.4. The lowest BCUT2D eigenvalue weighted by molar-refractivity contribution is -0.140. The van der Waals surface area contributed by atoms with E-state index in [0.29, 0.717) is 31.1 Å². The molecule has 0 radical (unpaired) electrons. The van der Waals surface area contributed by atoms with E-state index in [4.69, 9.17) is 9.47 Å². The molecule has 2 aromatic carbocycles. The maximum atomic E-state index is 13.1. The van der Waals surface area contributed by atoms with Gasteiger partial charge in [0.15, 0.2) is 0 Å². The van der Waals surface area contributed by atoms with Gasteiger partial charge in [-0.05, 0) is 54.7 Å². The van der Waals surface area contributed by atoms with Gasteiger partial charge in [0, 0.05) is 18.7 Å². The van der Waals surface area contributed by atoms with Crippen LogP contribution in [0.4, 0.5) is 0 Å². The number of aryl methyl sites for hydroxylation is 1. The van der Waals surface area contributed by atoms with Crippen molar-refractivity contribution in [2.24, 2.45) is 0 Å². The van der Waals surface area contributed by atoms with Crippen molar-refractivity contribution >= 4 is 17.4 Å². The molecule has 0 saturated carbocycles. The largest absolute Gasteiger partial charge is 0.507 e. The Morgan fingerprint density at radius 3 is 2.52 bits per heavy atom. The molecule has 0 aromatic heterocycles. The van der Waals surface area contributed by atoms with Crippen molar-refractivity contribution in [1.29, 1.82) is 0 Å². The molecule has 2 aliphatic heterocycles. The molecule has 6 heteroatoms. The fourth-order valence-corrected chi connectivity index (χ4v) is 4.38. The van der Waals surface area contributed by atoms with E-state index in [0.717, 1.165) is 30.4 Å². The summed E-state index contributed by atoms with van der Waals surface area (Å²) in [6.45, 7) is 7.04. The Labute approximate surface area is 194 Å². The third kappa shape index (κ3) is 4.71. The lowest BCUT2D eigenvalue weighted by atomic mass is 9.94. The zero-order valence-corrected chi connectivity index (χ0v) is 18.8. The smallest absolute Gasteiger partial charge is 0.295 e. The molecular formula is C27H29NO5. The Morgan fingerprint density at radius 1 is 1.18 bits per heavy atom. The number of aliphatic hydroxyl groups is 1. The summed E-state index contributed by atoms with van der Waals surface area (Å²) in [6.07, 6.45) is 4.20. The lowest BCUT2D eigenvalue weighted by Crippen LogP contribution is -2.36. The number of amides is 1. The summed E-state index contributed by atoms with van der Waals surface area (Å²) in [5.74, 6) is -0.857. The van der Waals surface area contributed by atoms with Gasteiger partial charge in [0.05, 0.1) is 17.7 Å². The van der Waals surface area contributed by atoms with Crippen molar-refractivity contribution in [3.05, 3.63) is 83.4 Å². The minimum absolute atomic E-state index is 0.0991. The quantitative estimate of drug-likeness (QED) is 0.281. The standard InChI is InChI=1S/C27H29NO5/c1-3-15-32-21-13-11-20(12-14-21)25(29)23-24(19-9-7-18(4-2)8-10-19)28(27(31)26(23)30)17-22-6-5-16-33-22/h3,7-14,22,24,29H,1,4-6,15-17H2,2H3. The first-order valence-electron chi connectivity index (χ1n) is 11.4. The molecular weight excluding hydrogens is 418 g/mol. The zero-order valence-electron chi connectivity index (χ0n) is 18.8. The molecule has 4 rings (SSSR count). The molecule has 2 aromatic rings. The minimum Gasteiger partial charge on any atom is -0.507 e. The van der Waals surface area contributed by atoms with Crippen molar-refractivity contribution in [2.45, 2.75) is 38.3 Å². The number of carbonyl (C=O) groups is 2. The van der Waals surface area contributed by atoms with E-state index in [2.05, 4.69) is 13.5 Å². The van der Waals surface area contributed by atoms with Gasteiger partial charge in [0.1, 0.15) is 18.1 Å². The first-order valence-corrected chi connectivity index (χ1v) is 11.4. The molecule has 1 amide bonds. The maximum absolute atomic E-state index is 13.1. The number of aliphatic hydroxyl groups excluding tert-OH is 1. The average Bonchev–Trinajstić information content (AvgIpc) is 3.45. The molecule has 2 aliphatic rings. The molecule has 0 aliphatic carbocycles. The van der Waals surface area contributed by atoms with Crippen LogP contribution in [-0.2, 0) is 20.7 Å². The fraction of sp³-hybridized carbons (Fsp3) is 0.333. The van der Waals surface area contributed by atoms with Gasteiger partial charge in [-0.1, -0.05) is 43.8 Å². The Kier molecular flexibility index (Phi) is 6.94. The van der Waals surface area contributed by atoms with E-state index >= 15 is 0 Å². The van der Waals surface area contributed by atoms with Crippen molar-refractivity contribution in [1.82, 2.24) is 4.90 Å². The number of Topliss-reactive ketones (excluding diaryl/α,β-unsaturated/α-hetero) is 1. The van der Waals surface area contributed by atoms with Gasteiger partial charge in [-0.25, -0.2) is 0 Å². The molecule has 33 heavy (non-hydrogen) atoms. The molecule has 0 bridgehead atoms. The molecule has 0 spiro atoms. The topological polar surface area (TPSA) is 76.1 Å². The van der Waals surface area contributed by atoms with Crippen LogP contribution in [0.25, 0.3) is 5.76 Å². The second-order valence-electron chi connectivity index (χ2n) is 8.31. The van der Waals surface area contributed by atoms with E-state index in [-0.39, 0.29) is 17.4 Å². The summed E-state index contributed by atoms with van der Waals surface area (Å²) in [7, 11) is 0. The van der Waals surface area contributed by atoms with Crippen LogP contribution in [0.2, 0.25) is 0 Å². The number of likely N-dealkylation sites (tertiary alicyclic amines) is 1. The Balaban J connectivity index is 1.74. The summed E-state index contributed by atoms with van der Waals surface area (Å²) >= 11 is 0. The number of hydrogen-bond acceptors (Lipinski definition) is 5. The van der Waals surface area contributed by atoms with Crippen LogP contribution in [0.3, 0.4) is 0 Å². The predicted molar refractivity (Wildman–Crippen MR) is 126 cm³/mol. The summed E-state index contributed by atoms with van der Waals surface area (Å²) in [4.78, 5) is 27.7. The van der Waals surface area contributed by atoms with E-state index in [1.807, 2.05) is 24.3 Å². The number of nitrogens with zero attached hydrogens (tertiary/aromatic N) is 1. The van der Waals surface area contributed by atoms with E-state index in [9.17, 15) is 14.7 Å². The Bertz CT molecular complexity index is 1050. The van der Waals surface area contributed by atoms with Crippen LogP contribution in [0, 0.1) is 0 Å². The highest BCUT2D eigenvalue weighted by atomic mass is 16.5. The van der Waals surface area contributed by atoms with Gasteiger partial charge >= 0.3 is 0 Å². The highest BCUT2D eigenvalue weighted by Gasteiger charge is 2.47. The second-order valence-corrected chi connectivity index (χ2v) is 8.31. The van der Waals surface area contributed by atoms with Crippen molar-refractivity contribution < 1.29 is 24.2 Å². The number of ketones is 1. The van der Waals surface area contributed by atoms with Crippen molar-refractivity contribution in [3.63, 3.8) is 0 Å². The Morgan fingerprint density at radius 2 is 1.91 bits per heavy atom. The first-order chi connectivity index (χ1) is 16.0. The number of ether oxygens (including phenoxy) is 2. The van der Waals surface area contributed by atoms with Gasteiger partial charge in [-0.15, -0.1) is 0 Å². The number of benzene rings is 2. The van der Waals surface area contributed by atoms with Gasteiger partial charge in [-0.2, -0.15) is 0 Å². The molecule has 2 heterocycles. The number of carbonyl (C=O) groups excluding carboxylic acids is 2. The maximum Gasteiger partial charge on any atom is 0.295 e. The SMILES string of the molecule is C=CCOc1ccc(C(O)=C2C(=O)C(=O)N(CC3CCCO3)C2c2ccc(CC)cc2)cc1. The van der Waals surface area contributed by atoms with Crippen LogP contribution in [0.15, 0.2) is 66.8 Å². The summed E-state index contributed by atoms with van der Waals surface area (Å²) in [5, 5.41) is 11.2. The second kappa shape index (κ2) is 10.0. The van der Waals surface area contributed by atoms with Crippen LogP contribution in [-0.4, -0.2) is 47.6 Å². The van der Waals surface area contributed by atoms with Gasteiger partial charge < -0.3 is 19.5 Å². The third-order valence-electron chi connectivity index (χ3n) is 6.16. The third-order valence-corrected chi connectivity index (χ3v) is 6.16. The van der Waals surface area contributed by atoms with Crippen LogP contribution in [0.5, 0.6) is 5.75 Å². The Hall–Kier alpha value is -3.38. The molecule has 172 valence electrons. The van der Waals surface area contributed by atoms with Crippen LogP contribution in [0.1, 0.15) is 42.5 Å². The van der Waals surface area contributed by atoms with Crippen molar-refractivity contribution in [3.8, 4) is 5.75 Å². The molecule has 2 atom stereocenters.